The summed E-state index contributed by atoms with van der Waals surface area (Å²) in [6.45, 7) is 3.42. The van der Waals surface area contributed by atoms with Crippen LogP contribution in [0.5, 0.6) is 0 Å². The van der Waals surface area contributed by atoms with Crippen LogP contribution in [0.1, 0.15) is 71.1 Å². The van der Waals surface area contributed by atoms with Gasteiger partial charge in [0, 0.05) is 18.9 Å². The molecule has 0 spiro atoms. The fourth-order valence-electron chi connectivity index (χ4n) is 3.76. The van der Waals surface area contributed by atoms with Crippen LogP contribution in [0.2, 0.25) is 0 Å². The summed E-state index contributed by atoms with van der Waals surface area (Å²) < 4.78 is 0. The molecule has 0 aromatic carbocycles. The van der Waals surface area contributed by atoms with Gasteiger partial charge < -0.3 is 0 Å². The van der Waals surface area contributed by atoms with E-state index in [-0.39, 0.29) is 5.54 Å². The molecule has 0 bridgehead atoms. The zero-order chi connectivity index (χ0) is 13.7. The Kier molecular flexibility index (Phi) is 4.99. The van der Waals surface area contributed by atoms with Crippen molar-refractivity contribution in [1.29, 1.82) is 5.26 Å². The lowest BCUT2D eigenvalue weighted by Crippen LogP contribution is -2.47. The summed E-state index contributed by atoms with van der Waals surface area (Å²) in [6, 6.07) is 3.21. The van der Waals surface area contributed by atoms with Crippen LogP contribution in [0, 0.1) is 11.3 Å². The maximum atomic E-state index is 10.2. The third-order valence-electron chi connectivity index (χ3n) is 4.90. The molecular formula is C16H26N2O. The van der Waals surface area contributed by atoms with Crippen molar-refractivity contribution in [2.45, 2.75) is 82.7 Å². The van der Waals surface area contributed by atoms with E-state index in [4.69, 9.17) is 0 Å². The number of Topliss-reactive ketones (excluding diaryl/α,β-unsaturated/α-hetero) is 1. The molecule has 2 saturated carbocycles. The van der Waals surface area contributed by atoms with Crippen molar-refractivity contribution in [3.05, 3.63) is 0 Å². The summed E-state index contributed by atoms with van der Waals surface area (Å²) in [4.78, 5) is 12.7. The predicted octanol–water partition coefficient (Wildman–Crippen LogP) is 3.44. The Balaban J connectivity index is 0.000000186. The number of likely N-dealkylation sites (tertiary alicyclic amines) is 1. The van der Waals surface area contributed by atoms with Gasteiger partial charge in [-0.2, -0.15) is 5.26 Å². The highest BCUT2D eigenvalue weighted by atomic mass is 16.1. The van der Waals surface area contributed by atoms with Crippen molar-refractivity contribution < 1.29 is 4.79 Å². The number of rotatable bonds is 1. The normalized spacial score (nSPS) is 29.9. The van der Waals surface area contributed by atoms with Crippen molar-refractivity contribution in [2.75, 3.05) is 6.54 Å². The summed E-state index contributed by atoms with van der Waals surface area (Å²) in [7, 11) is 0. The molecule has 0 aromatic heterocycles. The molecule has 0 aromatic rings. The van der Waals surface area contributed by atoms with Gasteiger partial charge in [0.25, 0.3) is 0 Å². The maximum Gasteiger partial charge on any atom is 0.132 e. The highest BCUT2D eigenvalue weighted by Gasteiger charge is 2.43. The summed E-state index contributed by atoms with van der Waals surface area (Å²) in [6.07, 6.45) is 11.2. The molecule has 3 heteroatoms. The van der Waals surface area contributed by atoms with Gasteiger partial charge in [0.05, 0.1) is 6.07 Å². The first-order valence-corrected chi connectivity index (χ1v) is 7.88. The van der Waals surface area contributed by atoms with Gasteiger partial charge >= 0.3 is 0 Å². The van der Waals surface area contributed by atoms with Gasteiger partial charge in [-0.15, -0.1) is 0 Å². The average molecular weight is 262 g/mol. The third-order valence-corrected chi connectivity index (χ3v) is 4.90. The zero-order valence-corrected chi connectivity index (χ0v) is 12.2. The molecule has 1 unspecified atom stereocenters. The van der Waals surface area contributed by atoms with E-state index in [1.807, 2.05) is 0 Å². The number of carbonyl (C=O) groups is 1. The number of nitriles is 1. The first kappa shape index (κ1) is 14.5. The number of nitrogens with zero attached hydrogens (tertiary/aromatic N) is 2. The maximum absolute atomic E-state index is 10.2. The minimum absolute atomic E-state index is 0.0735. The molecule has 1 aliphatic heterocycles. The predicted molar refractivity (Wildman–Crippen MR) is 75.7 cm³/mol. The summed E-state index contributed by atoms with van der Waals surface area (Å²) in [5.41, 5.74) is -0.0735. The fraction of sp³-hybridized carbons (Fsp3) is 0.875. The standard InChI is InChI=1S/C11H18N2.C5H8O/c1-10-5-4-8-13(10)11(9-12)6-2-3-7-11;6-5-3-1-2-4-5/h10H,2-8H2,1H3;1-4H2. The molecule has 2 aliphatic carbocycles. The van der Waals surface area contributed by atoms with Crippen LogP contribution in [0.4, 0.5) is 0 Å². The molecule has 1 heterocycles. The number of hydrogen-bond donors (Lipinski definition) is 0. The van der Waals surface area contributed by atoms with Gasteiger partial charge in [0.15, 0.2) is 0 Å². The quantitative estimate of drug-likeness (QED) is 0.727. The summed E-state index contributed by atoms with van der Waals surface area (Å²) in [5.74, 6) is 0.454. The molecule has 1 atom stereocenters. The average Bonchev–Trinajstić information content (AvgIpc) is 3.11. The lowest BCUT2D eigenvalue weighted by molar-refractivity contribution is -0.117. The molecule has 0 N–H and O–H groups in total. The topological polar surface area (TPSA) is 44.1 Å². The lowest BCUT2D eigenvalue weighted by Gasteiger charge is -2.35. The van der Waals surface area contributed by atoms with Crippen LogP contribution < -0.4 is 0 Å². The highest BCUT2D eigenvalue weighted by molar-refractivity contribution is 5.80. The van der Waals surface area contributed by atoms with Gasteiger partial charge in [-0.1, -0.05) is 12.8 Å². The van der Waals surface area contributed by atoms with Crippen molar-refractivity contribution >= 4 is 5.78 Å². The van der Waals surface area contributed by atoms with E-state index < -0.39 is 0 Å². The van der Waals surface area contributed by atoms with Gasteiger partial charge in [0.2, 0.25) is 0 Å². The largest absolute Gasteiger partial charge is 0.300 e. The van der Waals surface area contributed by atoms with Crippen LogP contribution in [0.25, 0.3) is 0 Å². The van der Waals surface area contributed by atoms with E-state index in [0.717, 1.165) is 45.1 Å². The van der Waals surface area contributed by atoms with Crippen molar-refractivity contribution in [3.63, 3.8) is 0 Å². The van der Waals surface area contributed by atoms with Crippen molar-refractivity contribution in [1.82, 2.24) is 4.90 Å². The Bertz CT molecular complexity index is 344. The second-order valence-corrected chi connectivity index (χ2v) is 6.28. The molecule has 0 radical (unpaired) electrons. The first-order chi connectivity index (χ1) is 9.18. The molecule has 0 amide bonds. The van der Waals surface area contributed by atoms with E-state index in [1.165, 1.54) is 25.7 Å². The van der Waals surface area contributed by atoms with Crippen molar-refractivity contribution in [3.8, 4) is 6.07 Å². The van der Waals surface area contributed by atoms with E-state index in [1.54, 1.807) is 0 Å². The third kappa shape index (κ3) is 3.36. The molecule has 19 heavy (non-hydrogen) atoms. The van der Waals surface area contributed by atoms with Crippen LogP contribution >= 0.6 is 0 Å². The molecule has 3 rings (SSSR count). The molecule has 1 saturated heterocycles. The molecule has 3 nitrogen and oxygen atoms in total. The van der Waals surface area contributed by atoms with Crippen molar-refractivity contribution in [2.24, 2.45) is 0 Å². The Morgan fingerprint density at radius 3 is 2.16 bits per heavy atom. The van der Waals surface area contributed by atoms with E-state index in [2.05, 4.69) is 17.9 Å². The lowest BCUT2D eigenvalue weighted by atomic mass is 9.96. The van der Waals surface area contributed by atoms with E-state index in [9.17, 15) is 10.1 Å². The number of ketones is 1. The van der Waals surface area contributed by atoms with E-state index in [0.29, 0.717) is 11.8 Å². The fourth-order valence-corrected chi connectivity index (χ4v) is 3.76. The Hall–Kier alpha value is -0.880. The second-order valence-electron chi connectivity index (χ2n) is 6.28. The smallest absolute Gasteiger partial charge is 0.132 e. The van der Waals surface area contributed by atoms with Crippen LogP contribution in [0.3, 0.4) is 0 Å². The molecule has 106 valence electrons. The minimum atomic E-state index is -0.0735. The van der Waals surface area contributed by atoms with Crippen LogP contribution in [0.15, 0.2) is 0 Å². The molecule has 3 fully saturated rings. The Morgan fingerprint density at radius 2 is 1.79 bits per heavy atom. The Labute approximate surface area is 117 Å². The monoisotopic (exact) mass is 262 g/mol. The first-order valence-electron chi connectivity index (χ1n) is 7.88. The summed E-state index contributed by atoms with van der Waals surface area (Å²) >= 11 is 0. The van der Waals surface area contributed by atoms with Gasteiger partial charge in [-0.3, -0.25) is 9.69 Å². The minimum Gasteiger partial charge on any atom is -0.300 e. The summed E-state index contributed by atoms with van der Waals surface area (Å²) in [5, 5.41) is 9.30. The zero-order valence-electron chi connectivity index (χ0n) is 12.2. The molecular weight excluding hydrogens is 236 g/mol. The van der Waals surface area contributed by atoms with Crippen LogP contribution in [-0.4, -0.2) is 28.8 Å². The number of hydrogen-bond acceptors (Lipinski definition) is 3. The van der Waals surface area contributed by atoms with Gasteiger partial charge in [-0.25, -0.2) is 0 Å². The number of carbonyl (C=O) groups excluding carboxylic acids is 1. The van der Waals surface area contributed by atoms with E-state index >= 15 is 0 Å². The second kappa shape index (κ2) is 6.52. The van der Waals surface area contributed by atoms with Gasteiger partial charge in [0.1, 0.15) is 11.3 Å². The molecule has 3 aliphatic rings. The highest BCUT2D eigenvalue weighted by Crippen LogP contribution is 2.38. The Morgan fingerprint density at radius 1 is 1.16 bits per heavy atom. The SMILES string of the molecule is CC1CCCN1C1(C#N)CCCC1.O=C1CCCC1. The van der Waals surface area contributed by atoms with Crippen LogP contribution in [-0.2, 0) is 4.79 Å². The van der Waals surface area contributed by atoms with Gasteiger partial charge in [-0.05, 0) is 52.0 Å².